The zero-order chi connectivity index (χ0) is 14.0. The van der Waals surface area contributed by atoms with Gasteiger partial charge in [-0.25, -0.2) is 4.98 Å². The number of rotatable bonds is 4. The maximum Gasteiger partial charge on any atom is 0.325 e. The highest BCUT2D eigenvalue weighted by molar-refractivity contribution is 7.13. The highest BCUT2D eigenvalue weighted by atomic mass is 32.1. The summed E-state index contributed by atoms with van der Waals surface area (Å²) >= 11 is 1.36. The maximum atomic E-state index is 11.8. The summed E-state index contributed by atoms with van der Waals surface area (Å²) in [6.45, 7) is 2.67. The van der Waals surface area contributed by atoms with E-state index < -0.39 is 11.5 Å². The first kappa shape index (κ1) is 13.9. The van der Waals surface area contributed by atoms with Crippen LogP contribution in [0, 0.1) is 6.92 Å². The lowest BCUT2D eigenvalue weighted by atomic mass is 10.0. The van der Waals surface area contributed by atoms with E-state index in [2.05, 4.69) is 10.3 Å². The summed E-state index contributed by atoms with van der Waals surface area (Å²) < 4.78 is 0. The molecule has 2 heterocycles. The Morgan fingerprint density at radius 3 is 2.95 bits per heavy atom. The first-order valence-corrected chi connectivity index (χ1v) is 6.74. The Morgan fingerprint density at radius 2 is 2.42 bits per heavy atom. The van der Waals surface area contributed by atoms with Gasteiger partial charge in [0.05, 0.1) is 12.2 Å². The molecule has 104 valence electrons. The number of carbonyl (C=O) groups excluding carboxylic acids is 1. The van der Waals surface area contributed by atoms with Crippen LogP contribution in [0.15, 0.2) is 5.38 Å². The van der Waals surface area contributed by atoms with Crippen LogP contribution in [0.1, 0.15) is 12.1 Å². The number of carboxylic acid groups (broad SMARTS) is 1. The number of carbonyl (C=O) groups is 2. The zero-order valence-electron chi connectivity index (χ0n) is 10.5. The predicted molar refractivity (Wildman–Crippen MR) is 71.1 cm³/mol. The average Bonchev–Trinajstić information content (AvgIpc) is 2.87. The normalized spacial score (nSPS) is 23.5. The smallest absolute Gasteiger partial charge is 0.325 e. The molecule has 1 aromatic heterocycles. The van der Waals surface area contributed by atoms with E-state index in [0.717, 1.165) is 5.69 Å². The Morgan fingerprint density at radius 1 is 1.68 bits per heavy atom. The fourth-order valence-corrected chi connectivity index (χ4v) is 2.70. The fraction of sp³-hybridized carbons (Fsp3) is 0.545. The van der Waals surface area contributed by atoms with Crippen LogP contribution in [0.5, 0.6) is 0 Å². The number of nitrogens with one attached hydrogen (secondary N) is 1. The summed E-state index contributed by atoms with van der Waals surface area (Å²) in [6.07, 6.45) is 0.353. The average molecular weight is 284 g/mol. The molecule has 0 aliphatic carbocycles. The van der Waals surface area contributed by atoms with E-state index in [1.807, 2.05) is 12.3 Å². The summed E-state index contributed by atoms with van der Waals surface area (Å²) in [4.78, 5) is 28.6. The lowest BCUT2D eigenvalue weighted by Crippen LogP contribution is -2.50. The molecule has 4 N–H and O–H groups in total. The van der Waals surface area contributed by atoms with Crippen molar-refractivity contribution >= 4 is 28.3 Å². The van der Waals surface area contributed by atoms with Crippen LogP contribution in [0.25, 0.3) is 0 Å². The van der Waals surface area contributed by atoms with Crippen molar-refractivity contribution < 1.29 is 14.7 Å². The van der Waals surface area contributed by atoms with Crippen molar-refractivity contribution in [1.82, 2.24) is 9.88 Å². The van der Waals surface area contributed by atoms with Crippen LogP contribution >= 0.6 is 11.3 Å². The second kappa shape index (κ2) is 5.24. The van der Waals surface area contributed by atoms with Crippen molar-refractivity contribution in [2.75, 3.05) is 25.0 Å². The number of carboxylic acids is 1. The molecule has 8 heteroatoms. The Kier molecular flexibility index (Phi) is 3.83. The van der Waals surface area contributed by atoms with Crippen LogP contribution in [0.4, 0.5) is 5.13 Å². The van der Waals surface area contributed by atoms with Gasteiger partial charge in [0.25, 0.3) is 0 Å². The molecule has 0 saturated carbocycles. The Balaban J connectivity index is 1.86. The van der Waals surface area contributed by atoms with E-state index in [1.54, 1.807) is 4.90 Å². The number of anilines is 1. The van der Waals surface area contributed by atoms with Crippen LogP contribution < -0.4 is 11.1 Å². The van der Waals surface area contributed by atoms with Gasteiger partial charge < -0.3 is 16.2 Å². The minimum absolute atomic E-state index is 0.130. The standard InChI is InChI=1S/C11H16N4O3S/c1-7-5-19-10(13-7)14-8(16)4-15-3-2-11(12,6-15)9(17)18/h5H,2-4,6,12H2,1H3,(H,17,18)(H,13,14,16). The Hall–Kier alpha value is -1.51. The third-order valence-corrected chi connectivity index (χ3v) is 3.91. The van der Waals surface area contributed by atoms with Crippen molar-refractivity contribution in [3.05, 3.63) is 11.1 Å². The molecule has 1 amide bonds. The van der Waals surface area contributed by atoms with E-state index in [0.29, 0.717) is 18.1 Å². The van der Waals surface area contributed by atoms with Gasteiger partial charge in [-0.05, 0) is 13.3 Å². The molecule has 1 aromatic rings. The molecule has 1 unspecified atom stereocenters. The second-order valence-corrected chi connectivity index (χ2v) is 5.62. The zero-order valence-corrected chi connectivity index (χ0v) is 11.4. The molecule has 19 heavy (non-hydrogen) atoms. The first-order chi connectivity index (χ1) is 8.89. The van der Waals surface area contributed by atoms with Crippen LogP contribution in [0.3, 0.4) is 0 Å². The molecule has 1 atom stereocenters. The van der Waals surface area contributed by atoms with E-state index in [4.69, 9.17) is 10.8 Å². The van der Waals surface area contributed by atoms with Gasteiger partial charge in [0.2, 0.25) is 5.91 Å². The quantitative estimate of drug-likeness (QED) is 0.711. The van der Waals surface area contributed by atoms with Gasteiger partial charge in [-0.15, -0.1) is 11.3 Å². The minimum atomic E-state index is -1.24. The molecule has 1 fully saturated rings. The van der Waals surface area contributed by atoms with Crippen molar-refractivity contribution in [1.29, 1.82) is 0 Å². The first-order valence-electron chi connectivity index (χ1n) is 5.86. The SMILES string of the molecule is Cc1csc(NC(=O)CN2CCC(N)(C(=O)O)C2)n1. The van der Waals surface area contributed by atoms with Gasteiger partial charge in [-0.1, -0.05) is 0 Å². The maximum absolute atomic E-state index is 11.8. The summed E-state index contributed by atoms with van der Waals surface area (Å²) in [5.41, 5.74) is 5.36. The number of aryl methyl sites for hydroxylation is 1. The number of hydrogen-bond acceptors (Lipinski definition) is 6. The van der Waals surface area contributed by atoms with Gasteiger partial charge in [0, 0.05) is 18.5 Å². The summed E-state index contributed by atoms with van der Waals surface area (Å²) in [6, 6.07) is 0. The van der Waals surface area contributed by atoms with Crippen LogP contribution in [-0.4, -0.2) is 52.0 Å². The monoisotopic (exact) mass is 284 g/mol. The lowest BCUT2D eigenvalue weighted by Gasteiger charge is -2.19. The molecule has 0 aromatic carbocycles. The van der Waals surface area contributed by atoms with Crippen LogP contribution in [-0.2, 0) is 9.59 Å². The van der Waals surface area contributed by atoms with Crippen molar-refractivity contribution in [3.63, 3.8) is 0 Å². The molecular weight excluding hydrogens is 268 g/mol. The van der Waals surface area contributed by atoms with Gasteiger partial charge in [0.15, 0.2) is 5.13 Å². The van der Waals surface area contributed by atoms with E-state index in [-0.39, 0.29) is 19.0 Å². The van der Waals surface area contributed by atoms with Gasteiger partial charge >= 0.3 is 5.97 Å². The Labute approximate surface area is 114 Å². The molecule has 1 aliphatic heterocycles. The summed E-state index contributed by atoms with van der Waals surface area (Å²) in [7, 11) is 0. The van der Waals surface area contributed by atoms with Crippen LogP contribution in [0.2, 0.25) is 0 Å². The number of aliphatic carboxylic acids is 1. The third-order valence-electron chi connectivity index (χ3n) is 3.04. The molecule has 2 rings (SSSR count). The molecule has 0 bridgehead atoms. The number of likely N-dealkylation sites (tertiary alicyclic amines) is 1. The fourth-order valence-electron chi connectivity index (χ4n) is 2.00. The highest BCUT2D eigenvalue weighted by Gasteiger charge is 2.41. The lowest BCUT2D eigenvalue weighted by molar-refractivity contribution is -0.143. The van der Waals surface area contributed by atoms with E-state index in [9.17, 15) is 9.59 Å². The Bertz CT molecular complexity index is 504. The van der Waals surface area contributed by atoms with Crippen molar-refractivity contribution in [2.24, 2.45) is 5.73 Å². The van der Waals surface area contributed by atoms with E-state index >= 15 is 0 Å². The van der Waals surface area contributed by atoms with Gasteiger partial charge in [0.1, 0.15) is 5.54 Å². The molecule has 7 nitrogen and oxygen atoms in total. The predicted octanol–water partition coefficient (Wildman–Crippen LogP) is -0.122. The minimum Gasteiger partial charge on any atom is -0.480 e. The number of hydrogen-bond donors (Lipinski definition) is 3. The largest absolute Gasteiger partial charge is 0.480 e. The molecule has 0 radical (unpaired) electrons. The van der Waals surface area contributed by atoms with Gasteiger partial charge in [-0.3, -0.25) is 14.5 Å². The molecular formula is C11H16N4O3S. The highest BCUT2D eigenvalue weighted by Crippen LogP contribution is 2.19. The second-order valence-electron chi connectivity index (χ2n) is 4.76. The molecule has 1 saturated heterocycles. The number of thiazole rings is 1. The van der Waals surface area contributed by atoms with Crippen molar-refractivity contribution in [2.45, 2.75) is 18.9 Å². The number of nitrogens with zero attached hydrogens (tertiary/aromatic N) is 2. The molecule has 1 aliphatic rings. The van der Waals surface area contributed by atoms with Crippen molar-refractivity contribution in [3.8, 4) is 0 Å². The number of amides is 1. The third kappa shape index (κ3) is 3.28. The van der Waals surface area contributed by atoms with Gasteiger partial charge in [-0.2, -0.15) is 0 Å². The number of nitrogens with two attached hydrogens (primary N) is 1. The van der Waals surface area contributed by atoms with E-state index in [1.165, 1.54) is 11.3 Å². The number of aromatic nitrogens is 1. The summed E-state index contributed by atoms with van der Waals surface area (Å²) in [5, 5.41) is 14.1. The summed E-state index contributed by atoms with van der Waals surface area (Å²) in [5.74, 6) is -1.23. The topological polar surface area (TPSA) is 109 Å². The molecule has 0 spiro atoms.